The summed E-state index contributed by atoms with van der Waals surface area (Å²) >= 11 is 1.29. The number of rotatable bonds is 6. The largest absolute Gasteiger partial charge is 0.288 e. The number of anilines is 1. The monoisotopic (exact) mass is 384 g/mol. The lowest BCUT2D eigenvalue weighted by molar-refractivity contribution is 0.100. The van der Waals surface area contributed by atoms with Crippen LogP contribution in [0.2, 0.25) is 0 Å². The highest BCUT2D eigenvalue weighted by atomic mass is 32.2. The van der Waals surface area contributed by atoms with Gasteiger partial charge in [-0.2, -0.15) is 5.21 Å². The van der Waals surface area contributed by atoms with E-state index in [4.69, 9.17) is 0 Å². The Morgan fingerprint density at radius 2 is 2.19 bits per heavy atom. The molecule has 0 unspecified atom stereocenters. The highest BCUT2D eigenvalue weighted by Crippen LogP contribution is 2.21. The van der Waals surface area contributed by atoms with E-state index in [0.29, 0.717) is 16.6 Å². The highest BCUT2D eigenvalue weighted by molar-refractivity contribution is 8.01. The summed E-state index contributed by atoms with van der Waals surface area (Å²) in [6.07, 6.45) is 1.94. The average Bonchev–Trinajstić information content (AvgIpc) is 3.35. The van der Waals surface area contributed by atoms with Crippen molar-refractivity contribution in [1.82, 2.24) is 35.2 Å². The minimum absolute atomic E-state index is 0.158. The summed E-state index contributed by atoms with van der Waals surface area (Å²) in [5.41, 5.74) is 0.893. The molecule has 0 atom stereocenters. The number of H-pyrrole nitrogens is 2. The van der Waals surface area contributed by atoms with Crippen LogP contribution in [-0.2, 0) is 0 Å². The van der Waals surface area contributed by atoms with Crippen LogP contribution < -0.4 is 9.86 Å². The Kier molecular flexibility index (Phi) is 4.59. The maximum atomic E-state index is 13.0. The van der Waals surface area contributed by atoms with Crippen LogP contribution in [0, 0.1) is 0 Å². The summed E-state index contributed by atoms with van der Waals surface area (Å²) in [6.45, 7) is 2.07. The van der Waals surface area contributed by atoms with Gasteiger partial charge in [0.15, 0.2) is 5.65 Å². The third-order valence-corrected chi connectivity index (χ3v) is 5.01. The second-order valence-electron chi connectivity index (χ2n) is 5.80. The van der Waals surface area contributed by atoms with E-state index in [1.54, 1.807) is 24.3 Å². The van der Waals surface area contributed by atoms with Gasteiger partial charge in [-0.25, -0.2) is 13.8 Å². The van der Waals surface area contributed by atoms with Crippen LogP contribution >= 0.6 is 11.9 Å². The first-order chi connectivity index (χ1) is 13.2. The molecule has 0 spiro atoms. The lowest BCUT2D eigenvalue weighted by atomic mass is 10.2. The van der Waals surface area contributed by atoms with Gasteiger partial charge in [0.2, 0.25) is 0 Å². The summed E-state index contributed by atoms with van der Waals surface area (Å²) in [5.74, 6) is 0.496. The van der Waals surface area contributed by atoms with Crippen LogP contribution in [0.25, 0.3) is 16.6 Å². The number of fused-ring (bicyclic) bond motifs is 2. The molecule has 138 valence electrons. The molecule has 4 aromatic rings. The van der Waals surface area contributed by atoms with Crippen molar-refractivity contribution < 1.29 is 4.79 Å². The number of hydrogen-bond donors (Lipinski definition) is 2. The zero-order valence-corrected chi connectivity index (χ0v) is 15.2. The van der Waals surface area contributed by atoms with E-state index in [-0.39, 0.29) is 23.1 Å². The summed E-state index contributed by atoms with van der Waals surface area (Å²) in [6, 6.07) is 8.59. The molecule has 4 rings (SSSR count). The van der Waals surface area contributed by atoms with Gasteiger partial charge in [0.05, 0.1) is 10.9 Å². The number of para-hydroxylation sites is 1. The summed E-state index contributed by atoms with van der Waals surface area (Å²) in [5, 5.41) is 17.0. The average molecular weight is 384 g/mol. The van der Waals surface area contributed by atoms with Gasteiger partial charge < -0.3 is 0 Å². The fourth-order valence-corrected chi connectivity index (χ4v) is 3.61. The number of carbonyl (C=O) groups is 1. The fourth-order valence-electron chi connectivity index (χ4n) is 2.61. The number of tetrazole rings is 1. The van der Waals surface area contributed by atoms with E-state index >= 15 is 0 Å². The molecule has 3 heterocycles. The molecule has 0 fully saturated rings. The third kappa shape index (κ3) is 3.16. The topological polar surface area (TPSA) is 125 Å². The van der Waals surface area contributed by atoms with Crippen LogP contribution in [0.3, 0.4) is 0 Å². The van der Waals surface area contributed by atoms with E-state index < -0.39 is 0 Å². The first-order valence-corrected chi connectivity index (χ1v) is 9.34. The number of aromatic nitrogens is 7. The molecular weight excluding hydrogens is 368 g/mol. The number of unbranched alkanes of at least 4 members (excludes halogenated alkanes) is 1. The lowest BCUT2D eigenvalue weighted by Crippen LogP contribution is -2.26. The molecule has 2 N–H and O–H groups in total. The van der Waals surface area contributed by atoms with Crippen molar-refractivity contribution in [2.75, 3.05) is 10.1 Å². The predicted octanol–water partition coefficient (Wildman–Crippen LogP) is 1.78. The number of nitrogens with zero attached hydrogens (tertiary/aromatic N) is 6. The number of benzene rings is 1. The zero-order valence-electron chi connectivity index (χ0n) is 14.4. The first kappa shape index (κ1) is 17.2. The Morgan fingerprint density at radius 1 is 1.33 bits per heavy atom. The van der Waals surface area contributed by atoms with Crippen LogP contribution in [0.15, 0.2) is 35.1 Å². The molecular formula is C16H16N8O2S. The van der Waals surface area contributed by atoms with Gasteiger partial charge in [-0.3, -0.25) is 14.7 Å². The van der Waals surface area contributed by atoms with Gasteiger partial charge in [0.25, 0.3) is 17.4 Å². The van der Waals surface area contributed by atoms with Crippen molar-refractivity contribution in [3.8, 4) is 0 Å². The quantitative estimate of drug-likeness (QED) is 0.383. The van der Waals surface area contributed by atoms with Crippen molar-refractivity contribution in [3.05, 3.63) is 46.4 Å². The molecule has 0 radical (unpaired) electrons. The third-order valence-electron chi connectivity index (χ3n) is 3.96. The molecule has 11 heteroatoms. The standard InChI is InChI=1S/C16H16N8O2S/c1-2-3-8-27-24(16-18-21-22-19-16)15(26)12-9-13-17-11-7-5-4-6-10(11)14(25)23(13)20-12/h4-7,9,20H,2-3,8H2,1H3,(H,18,19,21,22). The zero-order chi connectivity index (χ0) is 18.8. The van der Waals surface area contributed by atoms with Gasteiger partial charge in [-0.1, -0.05) is 30.6 Å². The van der Waals surface area contributed by atoms with E-state index in [9.17, 15) is 9.59 Å². The fraction of sp³-hybridized carbons (Fsp3) is 0.250. The Hall–Kier alpha value is -3.21. The molecule has 10 nitrogen and oxygen atoms in total. The van der Waals surface area contributed by atoms with E-state index in [1.807, 2.05) is 6.07 Å². The molecule has 1 aromatic carbocycles. The lowest BCUT2D eigenvalue weighted by Gasteiger charge is -2.15. The van der Waals surface area contributed by atoms with Crippen LogP contribution in [0.1, 0.15) is 30.3 Å². The van der Waals surface area contributed by atoms with Gasteiger partial charge in [-0.15, -0.1) is 5.10 Å². The summed E-state index contributed by atoms with van der Waals surface area (Å²) in [7, 11) is 0. The number of aromatic amines is 2. The second-order valence-corrected chi connectivity index (χ2v) is 6.83. The molecule has 0 bridgehead atoms. The van der Waals surface area contributed by atoms with Crippen molar-refractivity contribution in [3.63, 3.8) is 0 Å². The maximum Gasteiger partial charge on any atom is 0.288 e. The van der Waals surface area contributed by atoms with Crippen molar-refractivity contribution >= 4 is 40.4 Å². The Balaban J connectivity index is 1.75. The highest BCUT2D eigenvalue weighted by Gasteiger charge is 2.24. The summed E-state index contributed by atoms with van der Waals surface area (Å²) in [4.78, 5) is 30.1. The SMILES string of the molecule is CCCCSN(C(=O)c1cc2nc3ccccc3c(=O)n2[nH]1)c1nn[nH]n1. The Bertz CT molecular complexity index is 1150. The van der Waals surface area contributed by atoms with Gasteiger partial charge in [0, 0.05) is 11.8 Å². The molecule has 0 saturated heterocycles. The Morgan fingerprint density at radius 3 is 2.96 bits per heavy atom. The van der Waals surface area contributed by atoms with Gasteiger partial charge in [-0.05, 0) is 35.7 Å². The normalized spacial score (nSPS) is 11.3. The van der Waals surface area contributed by atoms with Crippen molar-refractivity contribution in [1.29, 1.82) is 0 Å². The minimum Gasteiger partial charge on any atom is -0.284 e. The van der Waals surface area contributed by atoms with Crippen molar-refractivity contribution in [2.24, 2.45) is 0 Å². The van der Waals surface area contributed by atoms with Crippen LogP contribution in [0.4, 0.5) is 5.95 Å². The number of amides is 1. The predicted molar refractivity (Wildman–Crippen MR) is 102 cm³/mol. The molecule has 0 saturated carbocycles. The minimum atomic E-state index is -0.383. The van der Waals surface area contributed by atoms with Gasteiger partial charge >= 0.3 is 0 Å². The molecule has 27 heavy (non-hydrogen) atoms. The Labute approximate surface area is 157 Å². The van der Waals surface area contributed by atoms with Crippen molar-refractivity contribution in [2.45, 2.75) is 19.8 Å². The number of nitrogens with one attached hydrogen (secondary N) is 2. The number of hydrogen-bond acceptors (Lipinski definition) is 7. The summed E-state index contributed by atoms with van der Waals surface area (Å²) < 4.78 is 2.62. The maximum absolute atomic E-state index is 13.0. The smallest absolute Gasteiger partial charge is 0.284 e. The second kappa shape index (κ2) is 7.19. The molecule has 0 aliphatic rings. The van der Waals surface area contributed by atoms with E-state index in [1.165, 1.54) is 20.8 Å². The molecule has 0 aliphatic heterocycles. The molecule has 1 amide bonds. The molecule has 3 aromatic heterocycles. The van der Waals surface area contributed by atoms with E-state index in [2.05, 4.69) is 37.6 Å². The number of carbonyl (C=O) groups excluding carboxylic acids is 1. The molecule has 0 aliphatic carbocycles. The van der Waals surface area contributed by atoms with Gasteiger partial charge in [0.1, 0.15) is 5.69 Å². The van der Waals surface area contributed by atoms with Crippen LogP contribution in [0.5, 0.6) is 0 Å². The van der Waals surface area contributed by atoms with E-state index in [0.717, 1.165) is 18.6 Å². The first-order valence-electron chi connectivity index (χ1n) is 8.40. The van der Waals surface area contributed by atoms with Crippen LogP contribution in [-0.4, -0.2) is 46.9 Å².